The summed E-state index contributed by atoms with van der Waals surface area (Å²) in [6.07, 6.45) is 3.81. The van der Waals surface area contributed by atoms with E-state index >= 15 is 0 Å². The van der Waals surface area contributed by atoms with Gasteiger partial charge >= 0.3 is 6.03 Å². The summed E-state index contributed by atoms with van der Waals surface area (Å²) in [7, 11) is 3.81. The van der Waals surface area contributed by atoms with E-state index in [9.17, 15) is 14.4 Å². The summed E-state index contributed by atoms with van der Waals surface area (Å²) in [6.45, 7) is 4.35. The predicted octanol–water partition coefficient (Wildman–Crippen LogP) is 0.844. The molecule has 0 aromatic rings. The number of hydrogen-bond donors (Lipinski definition) is 2. The highest BCUT2D eigenvalue weighted by Crippen LogP contribution is 2.28. The molecule has 1 saturated heterocycles. The van der Waals surface area contributed by atoms with Crippen molar-refractivity contribution >= 4 is 17.7 Å². The van der Waals surface area contributed by atoms with Gasteiger partial charge in [0.25, 0.3) is 0 Å². The molecule has 142 valence electrons. The minimum absolute atomic E-state index is 0.123. The number of Topliss-reactive ketones (excluding diaryl/α,β-unsaturated/α-hetero) is 1. The molecule has 0 radical (unpaired) electrons. The van der Waals surface area contributed by atoms with E-state index in [0.717, 1.165) is 25.9 Å². The number of ketones is 1. The molecular formula is C18H32N4O3. The molecular weight excluding hydrogens is 320 g/mol. The molecule has 1 aliphatic carbocycles. The van der Waals surface area contributed by atoms with Crippen LogP contribution in [0, 0.1) is 11.8 Å². The van der Waals surface area contributed by atoms with Crippen molar-refractivity contribution in [3.63, 3.8) is 0 Å². The number of rotatable bonds is 7. The molecule has 1 heterocycles. The number of amides is 3. The van der Waals surface area contributed by atoms with Crippen molar-refractivity contribution in [2.45, 2.75) is 45.1 Å². The van der Waals surface area contributed by atoms with Crippen LogP contribution in [0.3, 0.4) is 0 Å². The van der Waals surface area contributed by atoms with Crippen molar-refractivity contribution in [3.8, 4) is 0 Å². The van der Waals surface area contributed by atoms with Crippen LogP contribution in [-0.4, -0.2) is 73.8 Å². The lowest BCUT2D eigenvalue weighted by atomic mass is 9.81. The molecule has 3 amide bonds. The fourth-order valence-electron chi connectivity index (χ4n) is 3.90. The Morgan fingerprint density at radius 1 is 1.36 bits per heavy atom. The third-order valence-electron chi connectivity index (χ3n) is 5.22. The van der Waals surface area contributed by atoms with Crippen LogP contribution in [0.5, 0.6) is 0 Å². The number of hydrogen-bond acceptors (Lipinski definition) is 5. The van der Waals surface area contributed by atoms with Crippen LogP contribution in [-0.2, 0) is 9.59 Å². The van der Waals surface area contributed by atoms with Gasteiger partial charge in [-0.15, -0.1) is 0 Å². The molecule has 2 N–H and O–H groups in total. The van der Waals surface area contributed by atoms with Crippen LogP contribution >= 0.6 is 0 Å². The molecule has 0 aromatic heterocycles. The first-order valence-electron chi connectivity index (χ1n) is 9.41. The lowest BCUT2D eigenvalue weighted by Gasteiger charge is -2.38. The van der Waals surface area contributed by atoms with Crippen LogP contribution in [0.2, 0.25) is 0 Å². The number of likely N-dealkylation sites (tertiary alicyclic amines) is 1. The zero-order valence-corrected chi connectivity index (χ0v) is 15.7. The first-order chi connectivity index (χ1) is 11.9. The van der Waals surface area contributed by atoms with Gasteiger partial charge in [0.2, 0.25) is 5.91 Å². The van der Waals surface area contributed by atoms with Gasteiger partial charge in [0.15, 0.2) is 0 Å². The van der Waals surface area contributed by atoms with E-state index in [1.807, 2.05) is 21.0 Å². The SMILES string of the molecule is CCN(C(=O)NC1CN(C)C1)C(=O)C(CNC)C[C@H]1CCCC(=O)C1. The molecule has 1 saturated carbocycles. The molecule has 0 spiro atoms. The fraction of sp³-hybridized carbons (Fsp3) is 0.833. The lowest BCUT2D eigenvalue weighted by molar-refractivity contribution is -0.133. The van der Waals surface area contributed by atoms with Crippen molar-refractivity contribution in [2.75, 3.05) is 40.3 Å². The van der Waals surface area contributed by atoms with E-state index in [4.69, 9.17) is 0 Å². The standard InChI is InChI=1S/C18H32N4O3/c1-4-22(18(25)20-15-11-21(3)12-15)17(24)14(10-19-2)8-13-6-5-7-16(23)9-13/h13-15,19H,4-12H2,1-3H3,(H,20,25)/t13-,14?/m1/s1. The summed E-state index contributed by atoms with van der Waals surface area (Å²) in [5, 5.41) is 6.00. The highest BCUT2D eigenvalue weighted by Gasteiger charge is 2.33. The quantitative estimate of drug-likeness (QED) is 0.710. The van der Waals surface area contributed by atoms with E-state index in [1.165, 1.54) is 4.90 Å². The molecule has 0 bridgehead atoms. The Labute approximate surface area is 150 Å². The monoisotopic (exact) mass is 352 g/mol. The molecule has 2 aliphatic rings. The Balaban J connectivity index is 1.95. The third kappa shape index (κ3) is 5.51. The first kappa shape index (κ1) is 19.8. The van der Waals surface area contributed by atoms with E-state index in [2.05, 4.69) is 15.5 Å². The summed E-state index contributed by atoms with van der Waals surface area (Å²) < 4.78 is 0. The smallest absolute Gasteiger partial charge is 0.324 e. The van der Waals surface area contributed by atoms with Crippen LogP contribution < -0.4 is 10.6 Å². The number of carbonyl (C=O) groups excluding carboxylic acids is 3. The molecule has 0 aromatic carbocycles. The minimum Gasteiger partial charge on any atom is -0.332 e. The largest absolute Gasteiger partial charge is 0.332 e. The minimum atomic E-state index is -0.300. The first-order valence-corrected chi connectivity index (χ1v) is 9.41. The highest BCUT2D eigenvalue weighted by atomic mass is 16.2. The summed E-state index contributed by atoms with van der Waals surface area (Å²) >= 11 is 0. The van der Waals surface area contributed by atoms with Gasteiger partial charge in [-0.2, -0.15) is 0 Å². The molecule has 1 unspecified atom stereocenters. The average Bonchev–Trinajstić information content (AvgIpc) is 2.53. The van der Waals surface area contributed by atoms with Gasteiger partial charge in [0.1, 0.15) is 5.78 Å². The third-order valence-corrected chi connectivity index (χ3v) is 5.22. The number of carbonyl (C=O) groups is 3. The van der Waals surface area contributed by atoms with Gasteiger partial charge in [0.05, 0.1) is 12.0 Å². The van der Waals surface area contributed by atoms with E-state index in [-0.39, 0.29) is 29.8 Å². The molecule has 2 atom stereocenters. The lowest BCUT2D eigenvalue weighted by Crippen LogP contribution is -2.60. The Bertz CT molecular complexity index is 491. The summed E-state index contributed by atoms with van der Waals surface area (Å²) in [6, 6.07) is -0.176. The maximum Gasteiger partial charge on any atom is 0.324 e. The number of nitrogens with one attached hydrogen (secondary N) is 2. The second-order valence-electron chi connectivity index (χ2n) is 7.44. The van der Waals surface area contributed by atoms with Gasteiger partial charge in [0, 0.05) is 39.0 Å². The van der Waals surface area contributed by atoms with Crippen molar-refractivity contribution in [1.29, 1.82) is 0 Å². The van der Waals surface area contributed by atoms with Gasteiger partial charge < -0.3 is 15.5 Å². The van der Waals surface area contributed by atoms with Crippen molar-refractivity contribution in [1.82, 2.24) is 20.4 Å². The number of urea groups is 1. The summed E-state index contributed by atoms with van der Waals surface area (Å²) in [4.78, 5) is 40.6. The number of nitrogens with zero attached hydrogens (tertiary/aromatic N) is 2. The summed E-state index contributed by atoms with van der Waals surface area (Å²) in [5.74, 6) is 0.146. The average molecular weight is 352 g/mol. The van der Waals surface area contributed by atoms with E-state index < -0.39 is 0 Å². The maximum absolute atomic E-state index is 12.9. The zero-order chi connectivity index (χ0) is 18.4. The fourth-order valence-corrected chi connectivity index (χ4v) is 3.90. The van der Waals surface area contributed by atoms with Crippen LogP contribution in [0.1, 0.15) is 39.0 Å². The van der Waals surface area contributed by atoms with E-state index in [0.29, 0.717) is 38.1 Å². The zero-order valence-electron chi connectivity index (χ0n) is 15.7. The van der Waals surface area contributed by atoms with Crippen molar-refractivity contribution in [2.24, 2.45) is 11.8 Å². The number of imide groups is 1. The Morgan fingerprint density at radius 2 is 2.08 bits per heavy atom. The molecule has 2 rings (SSSR count). The molecule has 1 aliphatic heterocycles. The molecule has 25 heavy (non-hydrogen) atoms. The van der Waals surface area contributed by atoms with Gasteiger partial charge in [-0.25, -0.2) is 4.79 Å². The Morgan fingerprint density at radius 3 is 2.64 bits per heavy atom. The maximum atomic E-state index is 12.9. The summed E-state index contributed by atoms with van der Waals surface area (Å²) in [5.41, 5.74) is 0. The molecule has 7 nitrogen and oxygen atoms in total. The second kappa shape index (κ2) is 9.29. The second-order valence-corrected chi connectivity index (χ2v) is 7.44. The van der Waals surface area contributed by atoms with E-state index in [1.54, 1.807) is 0 Å². The van der Waals surface area contributed by atoms with Crippen molar-refractivity contribution in [3.05, 3.63) is 0 Å². The Hall–Kier alpha value is -1.47. The van der Waals surface area contributed by atoms with Crippen LogP contribution in [0.4, 0.5) is 4.79 Å². The van der Waals surface area contributed by atoms with Gasteiger partial charge in [-0.3, -0.25) is 14.5 Å². The number of likely N-dealkylation sites (N-methyl/N-ethyl adjacent to an activating group) is 1. The van der Waals surface area contributed by atoms with Crippen molar-refractivity contribution < 1.29 is 14.4 Å². The highest BCUT2D eigenvalue weighted by molar-refractivity contribution is 5.95. The topological polar surface area (TPSA) is 81.8 Å². The van der Waals surface area contributed by atoms with Gasteiger partial charge in [-0.1, -0.05) is 0 Å². The van der Waals surface area contributed by atoms with Crippen LogP contribution in [0.15, 0.2) is 0 Å². The molecule has 7 heteroatoms. The normalized spacial score (nSPS) is 23.0. The van der Waals surface area contributed by atoms with Crippen LogP contribution in [0.25, 0.3) is 0 Å². The predicted molar refractivity (Wildman–Crippen MR) is 96.2 cm³/mol. The Kier molecular flexibility index (Phi) is 7.38. The van der Waals surface area contributed by atoms with Gasteiger partial charge in [-0.05, 0) is 46.2 Å². The molecule has 2 fully saturated rings.